The molecule has 102 valence electrons. The van der Waals surface area contributed by atoms with Gasteiger partial charge in [0.05, 0.1) is 0 Å². The summed E-state index contributed by atoms with van der Waals surface area (Å²) in [5.41, 5.74) is 5.42. The number of nitrogens with zero attached hydrogens (tertiary/aromatic N) is 1. The molecule has 2 aliphatic heterocycles. The number of carbonyl (C=O) groups excluding carboxylic acids is 2. The fourth-order valence-electron chi connectivity index (χ4n) is 3.75. The van der Waals surface area contributed by atoms with Crippen molar-refractivity contribution >= 4 is 17.6 Å². The third-order valence-electron chi connectivity index (χ3n) is 4.60. The second-order valence-electron chi connectivity index (χ2n) is 5.71. The monoisotopic (exact) mass is 263 g/mol. The highest BCUT2D eigenvalue weighted by Gasteiger charge is 2.62. The molecule has 1 spiro atoms. The Morgan fingerprint density at radius 3 is 2.53 bits per heavy atom. The van der Waals surface area contributed by atoms with Gasteiger partial charge in [-0.1, -0.05) is 12.8 Å². The van der Waals surface area contributed by atoms with Crippen LogP contribution in [0.25, 0.3) is 0 Å². The third kappa shape index (κ3) is 1.63. The Labute approximate surface area is 111 Å². The van der Waals surface area contributed by atoms with Gasteiger partial charge in [0.15, 0.2) is 5.54 Å². The largest absolute Gasteiger partial charge is 0.404 e. The number of primary amides is 2. The topological polar surface area (TPSA) is 104 Å². The number of hydrogen-bond donors (Lipinski definition) is 3. The van der Waals surface area contributed by atoms with Crippen LogP contribution in [0.4, 0.5) is 0 Å². The number of rotatable bonds is 1. The third-order valence-corrected chi connectivity index (χ3v) is 4.60. The van der Waals surface area contributed by atoms with Crippen LogP contribution in [0.3, 0.4) is 0 Å². The van der Waals surface area contributed by atoms with Gasteiger partial charge in [0.1, 0.15) is 12.3 Å². The molecule has 0 aromatic heterocycles. The minimum atomic E-state index is -0.839. The molecule has 1 saturated carbocycles. The number of hydrogen-bond acceptors (Lipinski definition) is 4. The van der Waals surface area contributed by atoms with Crippen LogP contribution in [0.5, 0.6) is 0 Å². The predicted octanol–water partition coefficient (Wildman–Crippen LogP) is -0.786. The first-order valence-electron chi connectivity index (χ1n) is 6.79. The molecule has 1 atom stereocenters. The van der Waals surface area contributed by atoms with Crippen molar-refractivity contribution in [2.24, 2.45) is 5.73 Å². The van der Waals surface area contributed by atoms with Crippen molar-refractivity contribution in [3.05, 3.63) is 11.8 Å². The van der Waals surface area contributed by atoms with Gasteiger partial charge in [-0.15, -0.1) is 0 Å². The van der Waals surface area contributed by atoms with Crippen LogP contribution in [0, 0.1) is 5.41 Å². The summed E-state index contributed by atoms with van der Waals surface area (Å²) in [5.74, 6) is 0.0657. The molecular formula is C13H19N4O2+. The molecule has 0 aromatic rings. The molecule has 3 rings (SSSR count). The quantitative estimate of drug-likeness (QED) is 0.539. The molecule has 19 heavy (non-hydrogen) atoms. The predicted molar refractivity (Wildman–Crippen MR) is 68.0 cm³/mol. The van der Waals surface area contributed by atoms with Crippen LogP contribution in [-0.4, -0.2) is 34.1 Å². The number of carbonyl (C=O) groups is 2. The van der Waals surface area contributed by atoms with Crippen LogP contribution in [-0.2, 0) is 9.59 Å². The molecule has 2 amide bonds. The lowest BCUT2D eigenvalue weighted by molar-refractivity contribution is -0.479. The maximum atomic E-state index is 12.3. The van der Waals surface area contributed by atoms with Crippen LogP contribution in [0.15, 0.2) is 11.8 Å². The zero-order chi connectivity index (χ0) is 13.6. The average Bonchev–Trinajstić information content (AvgIpc) is 3.01. The van der Waals surface area contributed by atoms with Crippen LogP contribution in [0.1, 0.15) is 38.5 Å². The summed E-state index contributed by atoms with van der Waals surface area (Å²) in [4.78, 5) is 25.8. The molecule has 0 radical (unpaired) electrons. The van der Waals surface area contributed by atoms with Crippen LogP contribution in [0.2, 0.25) is 0 Å². The first-order valence-corrected chi connectivity index (χ1v) is 6.79. The van der Waals surface area contributed by atoms with Gasteiger partial charge in [-0.3, -0.25) is 5.41 Å². The lowest BCUT2D eigenvalue weighted by Gasteiger charge is -2.35. The van der Waals surface area contributed by atoms with E-state index in [1.165, 1.54) is 11.5 Å². The molecular weight excluding hydrogens is 244 g/mol. The van der Waals surface area contributed by atoms with E-state index < -0.39 is 5.54 Å². The number of nitrogens with one attached hydrogen (secondary N) is 1. The number of quaternary nitrogens is 1. The van der Waals surface area contributed by atoms with Gasteiger partial charge in [-0.2, -0.15) is 0 Å². The maximum Gasteiger partial charge on any atom is 0.344 e. The molecule has 3 fully saturated rings. The second kappa shape index (κ2) is 4.16. The van der Waals surface area contributed by atoms with E-state index in [9.17, 15) is 9.59 Å². The van der Waals surface area contributed by atoms with Crippen molar-refractivity contribution in [2.75, 3.05) is 0 Å². The van der Waals surface area contributed by atoms with Crippen molar-refractivity contribution in [2.45, 2.75) is 50.1 Å². The smallest absolute Gasteiger partial charge is 0.344 e. The molecule has 1 unspecified atom stereocenters. The summed E-state index contributed by atoms with van der Waals surface area (Å²) in [6.07, 6.45) is 6.24. The zero-order valence-electron chi connectivity index (χ0n) is 10.8. The summed E-state index contributed by atoms with van der Waals surface area (Å²) in [5, 5.41) is 9.48. The van der Waals surface area contributed by atoms with Crippen LogP contribution < -0.4 is 11.1 Å². The standard InChI is InChI=1S/C13H18N4O2/c14-7-8-5-13(6-10(18)16-12(13)19)17(11(8)15)9-3-1-2-4-9/h7,9,15H,1-6,14H2,(H,16,18,19)/p+1/b8-7-,15-11?. The first kappa shape index (κ1) is 12.3. The number of amidine groups is 1. The highest BCUT2D eigenvalue weighted by molar-refractivity contribution is 6.07. The zero-order valence-corrected chi connectivity index (χ0v) is 10.8. The highest BCUT2D eigenvalue weighted by Crippen LogP contribution is 2.42. The van der Waals surface area contributed by atoms with Gasteiger partial charge in [-0.05, 0) is 12.8 Å². The second-order valence-corrected chi connectivity index (χ2v) is 5.71. The normalized spacial score (nSPS) is 34.4. The van der Waals surface area contributed by atoms with Crippen molar-refractivity contribution in [1.82, 2.24) is 4.90 Å². The fourth-order valence-corrected chi connectivity index (χ4v) is 3.75. The Morgan fingerprint density at radius 1 is 1.32 bits per heavy atom. The van der Waals surface area contributed by atoms with E-state index in [2.05, 4.69) is 0 Å². The minimum absolute atomic E-state index is 0.126. The van der Waals surface area contributed by atoms with Crippen molar-refractivity contribution in [1.29, 1.82) is 5.41 Å². The first-order chi connectivity index (χ1) is 9.08. The lowest BCUT2D eigenvalue weighted by Crippen LogP contribution is -2.90. The Bertz CT molecular complexity index is 493. The van der Waals surface area contributed by atoms with Crippen molar-refractivity contribution in [3.8, 4) is 0 Å². The lowest BCUT2D eigenvalue weighted by atomic mass is 9.91. The van der Waals surface area contributed by atoms with E-state index in [0.717, 1.165) is 25.7 Å². The number of imide groups is 1. The van der Waals surface area contributed by atoms with Crippen LogP contribution >= 0.6 is 0 Å². The van der Waals surface area contributed by atoms with E-state index in [4.69, 9.17) is 11.1 Å². The Hall–Kier alpha value is -1.69. The van der Waals surface area contributed by atoms with Crippen molar-refractivity contribution in [3.63, 3.8) is 0 Å². The molecule has 5 N–H and O–H groups in total. The molecule has 3 aliphatic rings. The van der Waals surface area contributed by atoms with E-state index in [0.29, 0.717) is 17.8 Å². The van der Waals surface area contributed by atoms with Gasteiger partial charge in [0, 0.05) is 24.2 Å². The molecule has 6 nitrogen and oxygen atoms in total. The molecule has 0 aromatic carbocycles. The highest BCUT2D eigenvalue weighted by atomic mass is 16.2. The average molecular weight is 263 g/mol. The summed E-state index contributed by atoms with van der Waals surface area (Å²) < 4.78 is 0. The SMILES string of the molecule is N=C1/C(=C\N)CC2(CC(=O)[NH2+]C2=O)N1C1CCCC1. The summed E-state index contributed by atoms with van der Waals surface area (Å²) in [7, 11) is 0. The Morgan fingerprint density at radius 2 is 2.00 bits per heavy atom. The Kier molecular flexibility index (Phi) is 2.70. The van der Waals surface area contributed by atoms with Gasteiger partial charge >= 0.3 is 11.8 Å². The molecule has 6 heteroatoms. The van der Waals surface area contributed by atoms with E-state index in [1.54, 1.807) is 0 Å². The Balaban J connectivity index is 2.03. The number of amides is 2. The van der Waals surface area contributed by atoms with E-state index >= 15 is 0 Å². The van der Waals surface area contributed by atoms with Gasteiger partial charge < -0.3 is 10.6 Å². The van der Waals surface area contributed by atoms with Crippen molar-refractivity contribution < 1.29 is 14.9 Å². The summed E-state index contributed by atoms with van der Waals surface area (Å²) in [6.45, 7) is 0. The molecule has 0 bridgehead atoms. The summed E-state index contributed by atoms with van der Waals surface area (Å²) in [6, 6.07) is 0.202. The maximum absolute atomic E-state index is 12.3. The summed E-state index contributed by atoms with van der Waals surface area (Å²) >= 11 is 0. The van der Waals surface area contributed by atoms with Gasteiger partial charge in [0.25, 0.3) is 0 Å². The fraction of sp³-hybridized carbons (Fsp3) is 0.615. The van der Waals surface area contributed by atoms with E-state index in [1.807, 2.05) is 4.90 Å². The van der Waals surface area contributed by atoms with Gasteiger partial charge in [-0.25, -0.2) is 14.9 Å². The minimum Gasteiger partial charge on any atom is -0.404 e. The molecule has 2 heterocycles. The molecule has 2 saturated heterocycles. The molecule has 1 aliphatic carbocycles. The number of likely N-dealkylation sites (tertiary alicyclic amines) is 1. The van der Waals surface area contributed by atoms with E-state index in [-0.39, 0.29) is 24.3 Å². The number of nitrogens with two attached hydrogens (primary N) is 2. The van der Waals surface area contributed by atoms with Gasteiger partial charge in [0.2, 0.25) is 0 Å².